The molecule has 1 unspecified atom stereocenters. The van der Waals surface area contributed by atoms with Crippen molar-refractivity contribution in [2.24, 2.45) is 5.92 Å². The molecule has 0 aromatic rings. The van der Waals surface area contributed by atoms with Gasteiger partial charge in [0.15, 0.2) is 0 Å². The molecule has 0 heterocycles. The van der Waals surface area contributed by atoms with Gasteiger partial charge in [0.1, 0.15) is 6.04 Å². The quantitative estimate of drug-likeness (QED) is 0.789. The summed E-state index contributed by atoms with van der Waals surface area (Å²) in [7, 11) is 0. The van der Waals surface area contributed by atoms with Crippen LogP contribution in [0.2, 0.25) is 0 Å². The Balaban J connectivity index is 2.29. The van der Waals surface area contributed by atoms with E-state index in [0.29, 0.717) is 18.4 Å². The van der Waals surface area contributed by atoms with E-state index in [2.05, 4.69) is 16.7 Å². The maximum Gasteiger partial charge on any atom is 0.316 e. The minimum atomic E-state index is -0.376. The largest absolute Gasteiger partial charge is 0.335 e. The molecular formula is C13H23N3O. The Morgan fingerprint density at radius 2 is 2.00 bits per heavy atom. The fourth-order valence-electron chi connectivity index (χ4n) is 2.25. The summed E-state index contributed by atoms with van der Waals surface area (Å²) in [5.41, 5.74) is 0. The maximum atomic E-state index is 11.7. The summed E-state index contributed by atoms with van der Waals surface area (Å²) < 4.78 is 0. The predicted octanol–water partition coefficient (Wildman–Crippen LogP) is 2.56. The second-order valence-corrected chi connectivity index (χ2v) is 5.26. The van der Waals surface area contributed by atoms with E-state index in [9.17, 15) is 4.79 Å². The third kappa shape index (κ3) is 5.58. The lowest BCUT2D eigenvalue weighted by atomic mass is 9.96. The van der Waals surface area contributed by atoms with Gasteiger partial charge >= 0.3 is 6.03 Å². The highest BCUT2D eigenvalue weighted by Crippen LogP contribution is 2.17. The molecule has 0 aliphatic heterocycles. The van der Waals surface area contributed by atoms with Gasteiger partial charge in [-0.2, -0.15) is 5.26 Å². The smallest absolute Gasteiger partial charge is 0.316 e. The van der Waals surface area contributed by atoms with Gasteiger partial charge in [-0.25, -0.2) is 4.79 Å². The normalized spacial score (nSPS) is 18.5. The first-order valence-corrected chi connectivity index (χ1v) is 6.58. The van der Waals surface area contributed by atoms with Crippen molar-refractivity contribution in [1.29, 1.82) is 5.26 Å². The highest BCUT2D eigenvalue weighted by molar-refractivity contribution is 5.74. The van der Waals surface area contributed by atoms with Crippen LogP contribution >= 0.6 is 0 Å². The fraction of sp³-hybridized carbons (Fsp3) is 0.846. The van der Waals surface area contributed by atoms with E-state index >= 15 is 0 Å². The maximum absolute atomic E-state index is 11.7. The number of nitriles is 1. The van der Waals surface area contributed by atoms with Gasteiger partial charge in [0.05, 0.1) is 6.07 Å². The first-order chi connectivity index (χ1) is 8.11. The fourth-order valence-corrected chi connectivity index (χ4v) is 2.25. The third-order valence-electron chi connectivity index (χ3n) is 3.11. The summed E-state index contributed by atoms with van der Waals surface area (Å²) in [5.74, 6) is 0.412. The molecule has 17 heavy (non-hydrogen) atoms. The number of hydrogen-bond acceptors (Lipinski definition) is 2. The average molecular weight is 237 g/mol. The molecule has 0 aromatic heterocycles. The van der Waals surface area contributed by atoms with Crippen molar-refractivity contribution >= 4 is 6.03 Å². The molecular weight excluding hydrogens is 214 g/mol. The van der Waals surface area contributed by atoms with E-state index in [1.807, 2.05) is 13.8 Å². The molecule has 0 saturated heterocycles. The standard InChI is InChI=1S/C13H23N3O/c1-10(2)8-12(9-14)16-13(17)15-11-6-4-3-5-7-11/h10-12H,3-8H2,1-2H3,(H2,15,16,17). The van der Waals surface area contributed by atoms with Crippen LogP contribution in [0, 0.1) is 17.2 Å². The molecule has 1 aliphatic rings. The summed E-state index contributed by atoms with van der Waals surface area (Å²) in [6, 6.07) is 1.86. The van der Waals surface area contributed by atoms with Crippen LogP contribution in [0.5, 0.6) is 0 Å². The Bertz CT molecular complexity index is 277. The summed E-state index contributed by atoms with van der Waals surface area (Å²) in [6.07, 6.45) is 6.49. The van der Waals surface area contributed by atoms with Crippen LogP contribution in [-0.4, -0.2) is 18.1 Å². The Hall–Kier alpha value is -1.24. The average Bonchev–Trinajstić information content (AvgIpc) is 2.28. The number of rotatable bonds is 4. The van der Waals surface area contributed by atoms with Crippen LogP contribution in [0.3, 0.4) is 0 Å². The minimum Gasteiger partial charge on any atom is -0.335 e. The van der Waals surface area contributed by atoms with Crippen LogP contribution in [0.25, 0.3) is 0 Å². The first-order valence-electron chi connectivity index (χ1n) is 6.58. The number of nitrogens with zero attached hydrogens (tertiary/aromatic N) is 1. The van der Waals surface area contributed by atoms with Crippen LogP contribution in [0.1, 0.15) is 52.4 Å². The molecule has 0 radical (unpaired) electrons. The van der Waals surface area contributed by atoms with Crippen LogP contribution in [-0.2, 0) is 0 Å². The van der Waals surface area contributed by atoms with Crippen LogP contribution in [0.15, 0.2) is 0 Å². The number of carbonyl (C=O) groups excluding carboxylic acids is 1. The SMILES string of the molecule is CC(C)CC(C#N)NC(=O)NC1CCCCC1. The molecule has 0 aromatic carbocycles. The summed E-state index contributed by atoms with van der Waals surface area (Å²) >= 11 is 0. The molecule has 1 atom stereocenters. The number of carbonyl (C=O) groups is 1. The number of nitrogens with one attached hydrogen (secondary N) is 2. The van der Waals surface area contributed by atoms with Gasteiger partial charge in [-0.3, -0.25) is 0 Å². The Kier molecular flexibility index (Phi) is 5.82. The zero-order chi connectivity index (χ0) is 12.7. The predicted molar refractivity (Wildman–Crippen MR) is 67.4 cm³/mol. The first kappa shape index (κ1) is 13.8. The van der Waals surface area contributed by atoms with Gasteiger partial charge in [-0.1, -0.05) is 33.1 Å². The van der Waals surface area contributed by atoms with Crippen molar-refractivity contribution in [3.8, 4) is 6.07 Å². The van der Waals surface area contributed by atoms with Crippen LogP contribution in [0.4, 0.5) is 4.79 Å². The lowest BCUT2D eigenvalue weighted by Gasteiger charge is -2.23. The third-order valence-corrected chi connectivity index (χ3v) is 3.11. The van der Waals surface area contributed by atoms with Crippen molar-refractivity contribution in [3.63, 3.8) is 0 Å². The van der Waals surface area contributed by atoms with Gasteiger partial charge in [0.2, 0.25) is 0 Å². The van der Waals surface area contributed by atoms with Gasteiger partial charge in [-0.15, -0.1) is 0 Å². The minimum absolute atomic E-state index is 0.191. The molecule has 4 nitrogen and oxygen atoms in total. The molecule has 96 valence electrons. The van der Waals surface area contributed by atoms with E-state index < -0.39 is 0 Å². The topological polar surface area (TPSA) is 64.9 Å². The van der Waals surface area contributed by atoms with E-state index in [-0.39, 0.29) is 12.1 Å². The Morgan fingerprint density at radius 1 is 1.35 bits per heavy atom. The Morgan fingerprint density at radius 3 is 2.53 bits per heavy atom. The summed E-state index contributed by atoms with van der Waals surface area (Å²) in [5, 5.41) is 14.6. The van der Waals surface area contributed by atoms with Gasteiger partial charge in [0.25, 0.3) is 0 Å². The van der Waals surface area contributed by atoms with Crippen molar-refractivity contribution in [2.45, 2.75) is 64.5 Å². The molecule has 1 rings (SSSR count). The highest BCUT2D eigenvalue weighted by atomic mass is 16.2. The molecule has 4 heteroatoms. The summed E-state index contributed by atoms with van der Waals surface area (Å²) in [6.45, 7) is 4.09. The van der Waals surface area contributed by atoms with Crippen LogP contribution < -0.4 is 10.6 Å². The second-order valence-electron chi connectivity index (χ2n) is 5.26. The molecule has 2 amide bonds. The van der Waals surface area contributed by atoms with Crippen molar-refractivity contribution in [1.82, 2.24) is 10.6 Å². The lowest BCUT2D eigenvalue weighted by Crippen LogP contribution is -2.46. The molecule has 1 aliphatic carbocycles. The van der Waals surface area contributed by atoms with Gasteiger partial charge in [-0.05, 0) is 25.2 Å². The number of urea groups is 1. The van der Waals surface area contributed by atoms with Crippen molar-refractivity contribution in [2.75, 3.05) is 0 Å². The number of amides is 2. The summed E-state index contributed by atoms with van der Waals surface area (Å²) in [4.78, 5) is 11.7. The van der Waals surface area contributed by atoms with Crippen molar-refractivity contribution in [3.05, 3.63) is 0 Å². The van der Waals surface area contributed by atoms with Crippen molar-refractivity contribution < 1.29 is 4.79 Å². The lowest BCUT2D eigenvalue weighted by molar-refractivity contribution is 0.229. The molecule has 0 bridgehead atoms. The van der Waals surface area contributed by atoms with Gasteiger partial charge < -0.3 is 10.6 Å². The Labute approximate surface area is 104 Å². The molecule has 0 spiro atoms. The molecule has 2 N–H and O–H groups in total. The monoisotopic (exact) mass is 237 g/mol. The van der Waals surface area contributed by atoms with E-state index in [1.165, 1.54) is 19.3 Å². The molecule has 1 fully saturated rings. The van der Waals surface area contributed by atoms with E-state index in [1.54, 1.807) is 0 Å². The zero-order valence-electron chi connectivity index (χ0n) is 10.8. The second kappa shape index (κ2) is 7.16. The number of hydrogen-bond donors (Lipinski definition) is 2. The molecule has 1 saturated carbocycles. The van der Waals surface area contributed by atoms with Gasteiger partial charge in [0, 0.05) is 6.04 Å². The van der Waals surface area contributed by atoms with E-state index in [4.69, 9.17) is 5.26 Å². The van der Waals surface area contributed by atoms with E-state index in [0.717, 1.165) is 12.8 Å². The zero-order valence-corrected chi connectivity index (χ0v) is 10.8. The highest BCUT2D eigenvalue weighted by Gasteiger charge is 2.18.